The number of benzene rings is 2. The first-order valence-corrected chi connectivity index (χ1v) is 6.54. The average Bonchev–Trinajstić information content (AvgIpc) is 2.77. The zero-order valence-electron chi connectivity index (χ0n) is 11.4. The standard InChI is InChI=1S/C17H18N2/c1-12-3-4-13(2)15(9-12)11-19-8-7-14-5-6-16(18)10-17(14)19/h3-10H,11,18H2,1-2H3. The summed E-state index contributed by atoms with van der Waals surface area (Å²) in [6.45, 7) is 5.18. The van der Waals surface area contributed by atoms with Gasteiger partial charge in [0.2, 0.25) is 0 Å². The van der Waals surface area contributed by atoms with Crippen molar-refractivity contribution in [1.29, 1.82) is 0 Å². The van der Waals surface area contributed by atoms with Gasteiger partial charge in [-0.1, -0.05) is 29.8 Å². The Morgan fingerprint density at radius 1 is 1.00 bits per heavy atom. The van der Waals surface area contributed by atoms with Gasteiger partial charge in [0.25, 0.3) is 0 Å². The maximum atomic E-state index is 5.89. The molecule has 0 bridgehead atoms. The van der Waals surface area contributed by atoms with E-state index in [0.717, 1.165) is 12.2 Å². The molecule has 1 aromatic heterocycles. The molecular weight excluding hydrogens is 232 g/mol. The largest absolute Gasteiger partial charge is 0.399 e. The molecule has 0 radical (unpaired) electrons. The number of nitrogen functional groups attached to an aromatic ring is 1. The van der Waals surface area contributed by atoms with E-state index in [1.165, 1.54) is 27.6 Å². The van der Waals surface area contributed by atoms with E-state index in [1.807, 2.05) is 12.1 Å². The SMILES string of the molecule is Cc1ccc(C)c(Cn2ccc3ccc(N)cc32)c1. The quantitative estimate of drug-likeness (QED) is 0.687. The minimum Gasteiger partial charge on any atom is -0.399 e. The molecule has 0 unspecified atom stereocenters. The van der Waals surface area contributed by atoms with E-state index in [0.29, 0.717) is 0 Å². The Bertz CT molecular complexity index is 738. The fourth-order valence-corrected chi connectivity index (χ4v) is 2.49. The number of aromatic nitrogens is 1. The first-order valence-electron chi connectivity index (χ1n) is 6.54. The van der Waals surface area contributed by atoms with Crippen molar-refractivity contribution in [3.05, 3.63) is 65.4 Å². The third-order valence-corrected chi connectivity index (χ3v) is 3.64. The second-order valence-corrected chi connectivity index (χ2v) is 5.19. The van der Waals surface area contributed by atoms with E-state index in [1.54, 1.807) is 0 Å². The minimum atomic E-state index is 0.813. The smallest absolute Gasteiger partial charge is 0.0504 e. The van der Waals surface area contributed by atoms with Crippen LogP contribution in [0.3, 0.4) is 0 Å². The maximum Gasteiger partial charge on any atom is 0.0504 e. The van der Waals surface area contributed by atoms with E-state index < -0.39 is 0 Å². The number of nitrogens with two attached hydrogens (primary N) is 1. The van der Waals surface area contributed by atoms with Crippen LogP contribution in [0.1, 0.15) is 16.7 Å². The van der Waals surface area contributed by atoms with Crippen LogP contribution in [-0.4, -0.2) is 4.57 Å². The average molecular weight is 250 g/mol. The van der Waals surface area contributed by atoms with Crippen LogP contribution in [0, 0.1) is 13.8 Å². The van der Waals surface area contributed by atoms with E-state index in [-0.39, 0.29) is 0 Å². The summed E-state index contributed by atoms with van der Waals surface area (Å²) in [5.41, 5.74) is 11.9. The van der Waals surface area contributed by atoms with Gasteiger partial charge in [-0.25, -0.2) is 0 Å². The highest BCUT2D eigenvalue weighted by molar-refractivity contribution is 5.83. The van der Waals surface area contributed by atoms with Gasteiger partial charge in [0, 0.05) is 18.4 Å². The van der Waals surface area contributed by atoms with E-state index in [4.69, 9.17) is 5.73 Å². The lowest BCUT2D eigenvalue weighted by Gasteiger charge is -2.10. The first-order chi connectivity index (χ1) is 9.13. The predicted octanol–water partition coefficient (Wildman–Crippen LogP) is 3.89. The van der Waals surface area contributed by atoms with Crippen molar-refractivity contribution in [2.24, 2.45) is 0 Å². The van der Waals surface area contributed by atoms with Gasteiger partial charge in [-0.3, -0.25) is 0 Å². The Balaban J connectivity index is 2.05. The third kappa shape index (κ3) is 2.22. The second kappa shape index (κ2) is 4.47. The Labute approximate surface area is 113 Å². The van der Waals surface area contributed by atoms with Crippen molar-refractivity contribution in [2.45, 2.75) is 20.4 Å². The Kier molecular flexibility index (Phi) is 2.79. The van der Waals surface area contributed by atoms with Gasteiger partial charge in [-0.15, -0.1) is 0 Å². The molecule has 0 atom stereocenters. The normalized spacial score (nSPS) is 11.1. The molecular formula is C17H18N2. The molecule has 0 amide bonds. The van der Waals surface area contributed by atoms with Crippen molar-refractivity contribution in [2.75, 3.05) is 5.73 Å². The lowest BCUT2D eigenvalue weighted by molar-refractivity contribution is 0.829. The maximum absolute atomic E-state index is 5.89. The molecule has 3 rings (SSSR count). The summed E-state index contributed by atoms with van der Waals surface area (Å²) in [7, 11) is 0. The van der Waals surface area contributed by atoms with Gasteiger partial charge < -0.3 is 10.3 Å². The third-order valence-electron chi connectivity index (χ3n) is 3.64. The van der Waals surface area contributed by atoms with Gasteiger partial charge in [0.15, 0.2) is 0 Å². The Hall–Kier alpha value is -2.22. The summed E-state index contributed by atoms with van der Waals surface area (Å²) < 4.78 is 2.26. The van der Waals surface area contributed by atoms with Gasteiger partial charge in [-0.05, 0) is 48.6 Å². The lowest BCUT2D eigenvalue weighted by Crippen LogP contribution is -2.00. The van der Waals surface area contributed by atoms with Crippen LogP contribution in [0.15, 0.2) is 48.7 Å². The molecule has 0 spiro atoms. The van der Waals surface area contributed by atoms with Crippen LogP contribution >= 0.6 is 0 Å². The number of fused-ring (bicyclic) bond motifs is 1. The molecule has 2 aromatic carbocycles. The summed E-state index contributed by atoms with van der Waals surface area (Å²) in [5.74, 6) is 0. The lowest BCUT2D eigenvalue weighted by atomic mass is 10.1. The van der Waals surface area contributed by atoms with Gasteiger partial charge in [-0.2, -0.15) is 0 Å². The molecule has 2 N–H and O–H groups in total. The van der Waals surface area contributed by atoms with Crippen molar-refractivity contribution < 1.29 is 0 Å². The highest BCUT2D eigenvalue weighted by Crippen LogP contribution is 2.21. The van der Waals surface area contributed by atoms with Crippen LogP contribution < -0.4 is 5.73 Å². The van der Waals surface area contributed by atoms with E-state index >= 15 is 0 Å². The molecule has 0 saturated heterocycles. The minimum absolute atomic E-state index is 0.813. The van der Waals surface area contributed by atoms with Gasteiger partial charge >= 0.3 is 0 Å². The molecule has 19 heavy (non-hydrogen) atoms. The highest BCUT2D eigenvalue weighted by Gasteiger charge is 2.04. The molecule has 3 aromatic rings. The number of aryl methyl sites for hydroxylation is 2. The molecule has 2 heteroatoms. The van der Waals surface area contributed by atoms with Crippen molar-refractivity contribution in [3.8, 4) is 0 Å². The zero-order chi connectivity index (χ0) is 13.4. The predicted molar refractivity (Wildman–Crippen MR) is 81.4 cm³/mol. The van der Waals surface area contributed by atoms with Crippen molar-refractivity contribution in [1.82, 2.24) is 4.57 Å². The molecule has 0 fully saturated rings. The fraction of sp³-hybridized carbons (Fsp3) is 0.176. The number of nitrogens with zero attached hydrogens (tertiary/aromatic N) is 1. The molecule has 2 nitrogen and oxygen atoms in total. The summed E-state index contributed by atoms with van der Waals surface area (Å²) in [4.78, 5) is 0. The monoisotopic (exact) mass is 250 g/mol. The summed E-state index contributed by atoms with van der Waals surface area (Å²) in [6, 6.07) is 14.8. The van der Waals surface area contributed by atoms with Crippen molar-refractivity contribution >= 4 is 16.6 Å². The van der Waals surface area contributed by atoms with Crippen LogP contribution in [0.2, 0.25) is 0 Å². The van der Waals surface area contributed by atoms with Crippen LogP contribution in [0.5, 0.6) is 0 Å². The number of rotatable bonds is 2. The Morgan fingerprint density at radius 2 is 1.84 bits per heavy atom. The van der Waals surface area contributed by atoms with E-state index in [2.05, 4.69) is 54.9 Å². The van der Waals surface area contributed by atoms with Crippen LogP contribution in [-0.2, 0) is 6.54 Å². The number of hydrogen-bond acceptors (Lipinski definition) is 1. The molecule has 0 aliphatic heterocycles. The van der Waals surface area contributed by atoms with E-state index in [9.17, 15) is 0 Å². The highest BCUT2D eigenvalue weighted by atomic mass is 15.0. The summed E-state index contributed by atoms with van der Waals surface area (Å²) in [6.07, 6.45) is 2.13. The summed E-state index contributed by atoms with van der Waals surface area (Å²) >= 11 is 0. The number of hydrogen-bond donors (Lipinski definition) is 1. The van der Waals surface area contributed by atoms with Gasteiger partial charge in [0.1, 0.15) is 0 Å². The second-order valence-electron chi connectivity index (χ2n) is 5.19. The fourth-order valence-electron chi connectivity index (χ4n) is 2.49. The van der Waals surface area contributed by atoms with Crippen molar-refractivity contribution in [3.63, 3.8) is 0 Å². The first kappa shape index (κ1) is 11.8. The number of anilines is 1. The van der Waals surface area contributed by atoms with Gasteiger partial charge in [0.05, 0.1) is 5.52 Å². The molecule has 0 aliphatic rings. The van der Waals surface area contributed by atoms with Crippen LogP contribution in [0.25, 0.3) is 10.9 Å². The molecule has 0 saturated carbocycles. The Morgan fingerprint density at radius 3 is 2.68 bits per heavy atom. The molecule has 1 heterocycles. The summed E-state index contributed by atoms with van der Waals surface area (Å²) in [5, 5.41) is 1.24. The van der Waals surface area contributed by atoms with Crippen LogP contribution in [0.4, 0.5) is 5.69 Å². The topological polar surface area (TPSA) is 30.9 Å². The molecule has 0 aliphatic carbocycles. The molecule has 96 valence electrons. The zero-order valence-corrected chi connectivity index (χ0v) is 11.4.